The zero-order valence-electron chi connectivity index (χ0n) is 43.7. The Labute approximate surface area is 478 Å². The Kier molecular flexibility index (Phi) is 19.0. The summed E-state index contributed by atoms with van der Waals surface area (Å²) in [5, 5.41) is 84.1. The van der Waals surface area contributed by atoms with Gasteiger partial charge in [-0.3, -0.25) is 33.6 Å². The second kappa shape index (κ2) is 26.0. The summed E-state index contributed by atoms with van der Waals surface area (Å²) in [6.07, 6.45) is 2.43. The predicted octanol–water partition coefficient (Wildman–Crippen LogP) is 3.72. The summed E-state index contributed by atoms with van der Waals surface area (Å²) in [5.74, 6) is -12.2. The molecular formula is C56H61Cl2N9O15. The van der Waals surface area contributed by atoms with Crippen LogP contribution >= 0.6 is 23.2 Å². The summed E-state index contributed by atoms with van der Waals surface area (Å²) in [4.78, 5) is 101. The summed E-state index contributed by atoms with van der Waals surface area (Å²) in [6, 6.07) is 3.24. The number of benzene rings is 5. The molecule has 5 heterocycles. The fourth-order valence-corrected chi connectivity index (χ4v) is 10.2. The Morgan fingerprint density at radius 1 is 0.573 bits per heavy atom. The van der Waals surface area contributed by atoms with Crippen LogP contribution in [0.5, 0.6) is 46.0 Å². The van der Waals surface area contributed by atoms with Gasteiger partial charge in [-0.2, -0.15) is 0 Å². The molecule has 8 atom stereocenters. The van der Waals surface area contributed by atoms with Crippen LogP contribution in [0.15, 0.2) is 78.9 Å². The number of aromatic hydroxyl groups is 4. The van der Waals surface area contributed by atoms with Crippen LogP contribution in [0.2, 0.25) is 10.0 Å². The quantitative estimate of drug-likeness (QED) is 0.0747. The molecule has 0 radical (unpaired) electrons. The average molecular weight is 1170 g/mol. The molecule has 7 amide bonds. The van der Waals surface area contributed by atoms with Gasteiger partial charge in [-0.05, 0) is 102 Å². The minimum absolute atomic E-state index is 0.00557. The third-order valence-electron chi connectivity index (χ3n) is 14.2. The van der Waals surface area contributed by atoms with Gasteiger partial charge in [-0.1, -0.05) is 79.9 Å². The van der Waals surface area contributed by atoms with E-state index in [4.69, 9.17) is 49.9 Å². The van der Waals surface area contributed by atoms with Gasteiger partial charge >= 0.3 is 0 Å². The molecule has 0 unspecified atom stereocenters. The van der Waals surface area contributed by atoms with E-state index < -0.39 is 131 Å². The van der Waals surface area contributed by atoms with Crippen molar-refractivity contribution in [3.63, 3.8) is 0 Å². The maximum absolute atomic E-state index is 15.3. The van der Waals surface area contributed by atoms with Gasteiger partial charge in [0.05, 0.1) is 16.5 Å². The van der Waals surface area contributed by atoms with Crippen molar-refractivity contribution in [1.82, 2.24) is 31.9 Å². The number of primary amides is 1. The molecule has 11 bridgehead atoms. The third-order valence-corrected chi connectivity index (χ3v) is 14.7. The lowest BCUT2D eigenvalue weighted by Crippen LogP contribution is -2.56. The molecule has 5 aliphatic rings. The molecule has 5 aromatic rings. The van der Waals surface area contributed by atoms with Gasteiger partial charge in [0.25, 0.3) is 0 Å². The Morgan fingerprint density at radius 3 is 1.74 bits per heavy atom. The number of carbonyl (C=O) groups is 7. The summed E-state index contributed by atoms with van der Waals surface area (Å²) < 4.78 is 12.2. The van der Waals surface area contributed by atoms with Crippen LogP contribution in [0.25, 0.3) is 11.1 Å². The van der Waals surface area contributed by atoms with Crippen LogP contribution in [0.1, 0.15) is 116 Å². The number of aliphatic hydroxyl groups excluding tert-OH is 2. The van der Waals surface area contributed by atoms with Gasteiger partial charge in [0, 0.05) is 23.7 Å². The molecule has 5 aliphatic heterocycles. The molecule has 434 valence electrons. The van der Waals surface area contributed by atoms with Crippen molar-refractivity contribution in [1.29, 1.82) is 0 Å². The molecular weight excluding hydrogens is 1110 g/mol. The fourth-order valence-electron chi connectivity index (χ4n) is 9.79. The molecule has 0 fully saturated rings. The average Bonchev–Trinajstić information content (AvgIpc) is 3.35. The zero-order valence-corrected chi connectivity index (χ0v) is 45.3. The second-order valence-electron chi connectivity index (χ2n) is 20.0. The normalized spacial score (nSPS) is 21.8. The lowest BCUT2D eigenvalue weighted by molar-refractivity contribution is -0.137. The summed E-state index contributed by atoms with van der Waals surface area (Å²) in [6.45, 7) is 0.751. The van der Waals surface area contributed by atoms with Gasteiger partial charge in [0.1, 0.15) is 77.2 Å². The van der Waals surface area contributed by atoms with Crippen LogP contribution in [-0.2, 0) is 33.6 Å². The van der Waals surface area contributed by atoms with Crippen molar-refractivity contribution in [3.05, 3.63) is 117 Å². The van der Waals surface area contributed by atoms with Gasteiger partial charge in [0.15, 0.2) is 11.5 Å². The first kappa shape index (κ1) is 59.7. The number of carbonyl (C=O) groups excluding carboxylic acids is 7. The van der Waals surface area contributed by atoms with Crippen molar-refractivity contribution in [2.75, 3.05) is 13.1 Å². The summed E-state index contributed by atoms with van der Waals surface area (Å²) in [5.41, 5.74) is 15.8. The molecule has 26 heteroatoms. The molecule has 10 rings (SSSR count). The highest BCUT2D eigenvalue weighted by atomic mass is 35.5. The van der Waals surface area contributed by atoms with E-state index in [2.05, 4.69) is 31.9 Å². The molecule has 24 nitrogen and oxygen atoms in total. The molecule has 0 saturated heterocycles. The number of nitrogens with one attached hydrogen (secondary N) is 6. The first-order valence-electron chi connectivity index (χ1n) is 26.2. The van der Waals surface area contributed by atoms with Gasteiger partial charge < -0.3 is 89.2 Å². The predicted molar refractivity (Wildman–Crippen MR) is 295 cm³/mol. The van der Waals surface area contributed by atoms with Crippen LogP contribution < -0.4 is 58.6 Å². The molecule has 82 heavy (non-hydrogen) atoms. The summed E-state index contributed by atoms with van der Waals surface area (Å²) >= 11 is 13.4. The number of amides is 7. The Balaban J connectivity index is 1.29. The van der Waals surface area contributed by atoms with Crippen LogP contribution in [0.3, 0.4) is 0 Å². The SMILES string of the molecule is NCCCCCCCCCCNC(=O)[C@H]1NC(=O)[C@H]2NC(=O)[C@H](NC(=O)[C@@H]3NC(=O)[C@H](CC(N)=O)NC(=O)[C@H](N)[C@H](O)c4ccc(c(Cl)c4)Oc4cc3cc(c4O)Oc3ccc(cc3Cl)[C@H]2O)c2ccc(O)c(c2)-c2c(O)cc(O)cc21. The van der Waals surface area contributed by atoms with E-state index in [0.29, 0.717) is 13.0 Å². The highest BCUT2D eigenvalue weighted by molar-refractivity contribution is 6.32. The number of unbranched alkanes of at least 4 members (excludes halogenated alkanes) is 7. The number of rotatable bonds is 13. The van der Waals surface area contributed by atoms with Crippen LogP contribution in [0.4, 0.5) is 0 Å². The molecule has 0 saturated carbocycles. The zero-order chi connectivity index (χ0) is 59.1. The first-order valence-corrected chi connectivity index (χ1v) is 27.0. The van der Waals surface area contributed by atoms with Crippen LogP contribution in [0, 0.1) is 0 Å². The number of fused-ring (bicyclic) bond motifs is 15. The van der Waals surface area contributed by atoms with Crippen molar-refractivity contribution in [3.8, 4) is 57.1 Å². The highest BCUT2D eigenvalue weighted by Gasteiger charge is 2.41. The lowest BCUT2D eigenvalue weighted by Gasteiger charge is -2.31. The maximum atomic E-state index is 15.3. The van der Waals surface area contributed by atoms with Crippen molar-refractivity contribution < 1.29 is 73.7 Å². The summed E-state index contributed by atoms with van der Waals surface area (Å²) in [7, 11) is 0. The topological polar surface area (TPSA) is 410 Å². The third kappa shape index (κ3) is 13.5. The van der Waals surface area contributed by atoms with Crippen molar-refractivity contribution in [2.45, 2.75) is 106 Å². The first-order chi connectivity index (χ1) is 39.1. The van der Waals surface area contributed by atoms with Crippen molar-refractivity contribution >= 4 is 64.6 Å². The number of nitrogens with two attached hydrogens (primary N) is 3. The Bertz CT molecular complexity index is 3310. The highest BCUT2D eigenvalue weighted by Crippen LogP contribution is 2.47. The number of ether oxygens (including phenoxy) is 2. The monoisotopic (exact) mass is 1170 g/mol. The number of phenolic OH excluding ortho intramolecular Hbond substituents is 4. The van der Waals surface area contributed by atoms with E-state index in [0.717, 1.165) is 81.3 Å². The fraction of sp³-hybridized carbons (Fsp3) is 0.339. The number of aliphatic hydroxyl groups is 2. The standard InChI is InChI=1S/C56H61Cl2N9O15/c57-32-18-26-10-13-37(32)81-39-20-28-21-40(50(39)74)82-38-14-11-27(19-33(38)58)49(73)47-56(80)66-46(53(77)62-16-8-6-4-2-1-3-5-7-15-59)31-22-29(68)23-36(70)42(31)30-17-25(9-12-35(30)69)44(54(78)67-47)65-55(79)45(28)64-51(75)34(24-41(60)71)63-52(76)43(61)48(26)72/h9-14,17-23,34,43-49,68-70,72-74H,1-8,15-16,24,59,61H2,(H2,60,71)(H,62,77)(H,63,76)(H,64,75)(H,65,79)(H,66,80)(H,67,78)/t34-,43+,44+,45+,46-,47-,48+,49+/m0/s1. The van der Waals surface area contributed by atoms with E-state index in [1.165, 1.54) is 42.5 Å². The molecule has 0 spiro atoms. The number of hydrogen-bond donors (Lipinski definition) is 15. The van der Waals surface area contributed by atoms with E-state index >= 15 is 9.59 Å². The van der Waals surface area contributed by atoms with E-state index in [1.54, 1.807) is 0 Å². The molecule has 0 aliphatic carbocycles. The second-order valence-corrected chi connectivity index (χ2v) is 20.8. The molecule has 0 aromatic heterocycles. The Hall–Kier alpha value is -8.39. The van der Waals surface area contributed by atoms with E-state index in [-0.39, 0.29) is 67.0 Å². The Morgan fingerprint density at radius 2 is 1.13 bits per heavy atom. The van der Waals surface area contributed by atoms with Gasteiger partial charge in [-0.15, -0.1) is 0 Å². The maximum Gasteiger partial charge on any atom is 0.248 e. The number of halogens is 2. The number of hydrogen-bond acceptors (Lipinski definition) is 17. The lowest BCUT2D eigenvalue weighted by atomic mass is 9.89. The minimum Gasteiger partial charge on any atom is -0.508 e. The minimum atomic E-state index is -2.09. The van der Waals surface area contributed by atoms with E-state index in [9.17, 15) is 54.6 Å². The number of phenols is 4. The largest absolute Gasteiger partial charge is 0.508 e. The van der Waals surface area contributed by atoms with E-state index in [1.807, 2.05) is 0 Å². The van der Waals surface area contributed by atoms with Gasteiger partial charge in [0.2, 0.25) is 47.1 Å². The van der Waals surface area contributed by atoms with Crippen molar-refractivity contribution in [2.24, 2.45) is 17.2 Å². The van der Waals surface area contributed by atoms with Crippen LogP contribution in [-0.4, -0.2) is 103 Å². The molecule has 18 N–H and O–H groups in total. The molecule has 5 aromatic carbocycles. The van der Waals surface area contributed by atoms with Gasteiger partial charge in [-0.25, -0.2) is 0 Å². The smallest absolute Gasteiger partial charge is 0.248 e.